The second-order valence-electron chi connectivity index (χ2n) is 4.89. The van der Waals surface area contributed by atoms with Crippen molar-refractivity contribution in [3.8, 4) is 5.69 Å². The Morgan fingerprint density at radius 3 is 3.00 bits per heavy atom. The number of nitrogens with zero attached hydrogens (tertiary/aromatic N) is 3. The molecule has 2 atom stereocenters. The molecule has 3 rings (SSSR count). The molecule has 19 heavy (non-hydrogen) atoms. The molecule has 2 heterocycles. The summed E-state index contributed by atoms with van der Waals surface area (Å²) in [5.41, 5.74) is 2.06. The lowest BCUT2D eigenvalue weighted by atomic mass is 10.2. The van der Waals surface area contributed by atoms with Crippen LogP contribution in [0.3, 0.4) is 0 Å². The second-order valence-corrected chi connectivity index (χ2v) is 4.89. The van der Waals surface area contributed by atoms with Gasteiger partial charge in [0.1, 0.15) is 0 Å². The van der Waals surface area contributed by atoms with Gasteiger partial charge in [-0.15, -0.1) is 5.10 Å². The van der Waals surface area contributed by atoms with Crippen LogP contribution in [0.1, 0.15) is 19.8 Å². The average molecular weight is 258 g/mol. The summed E-state index contributed by atoms with van der Waals surface area (Å²) in [7, 11) is 0. The van der Waals surface area contributed by atoms with Crippen LogP contribution in [-0.2, 0) is 4.74 Å². The standard InChI is InChI=1S/C14H18N4O/c1-11-6-7-12(19-11)10-15-13-4-2-3-5-14(13)18-9-8-16-17-18/h2-5,8-9,11-12,15H,6-7,10H2,1H3. The minimum Gasteiger partial charge on any atom is -0.381 e. The number of aromatic nitrogens is 3. The highest BCUT2D eigenvalue weighted by atomic mass is 16.5. The maximum absolute atomic E-state index is 5.82. The molecule has 1 aromatic carbocycles. The van der Waals surface area contributed by atoms with Gasteiger partial charge in [-0.2, -0.15) is 0 Å². The third kappa shape index (κ3) is 2.76. The zero-order chi connectivity index (χ0) is 13.1. The molecule has 5 heteroatoms. The van der Waals surface area contributed by atoms with Crippen LogP contribution in [0.5, 0.6) is 0 Å². The summed E-state index contributed by atoms with van der Waals surface area (Å²) < 4.78 is 7.58. The zero-order valence-electron chi connectivity index (χ0n) is 11.0. The van der Waals surface area contributed by atoms with E-state index >= 15 is 0 Å². The summed E-state index contributed by atoms with van der Waals surface area (Å²) >= 11 is 0. The molecule has 100 valence electrons. The van der Waals surface area contributed by atoms with Gasteiger partial charge in [0.2, 0.25) is 0 Å². The summed E-state index contributed by atoms with van der Waals surface area (Å²) in [6.45, 7) is 2.96. The molecule has 0 amide bonds. The largest absolute Gasteiger partial charge is 0.381 e. The van der Waals surface area contributed by atoms with E-state index in [1.54, 1.807) is 10.9 Å². The van der Waals surface area contributed by atoms with Crippen LogP contribution >= 0.6 is 0 Å². The summed E-state index contributed by atoms with van der Waals surface area (Å²) in [5.74, 6) is 0. The van der Waals surface area contributed by atoms with Gasteiger partial charge in [0, 0.05) is 6.54 Å². The monoisotopic (exact) mass is 258 g/mol. The van der Waals surface area contributed by atoms with E-state index in [4.69, 9.17) is 4.74 Å². The lowest BCUT2D eigenvalue weighted by Gasteiger charge is -2.15. The molecule has 0 aliphatic carbocycles. The molecule has 1 N–H and O–H groups in total. The first-order valence-electron chi connectivity index (χ1n) is 6.68. The van der Waals surface area contributed by atoms with Gasteiger partial charge in [0.15, 0.2) is 0 Å². The molecule has 1 aromatic heterocycles. The quantitative estimate of drug-likeness (QED) is 0.913. The Kier molecular flexibility index (Phi) is 3.46. The van der Waals surface area contributed by atoms with Gasteiger partial charge in [-0.1, -0.05) is 17.3 Å². The van der Waals surface area contributed by atoms with Crippen LogP contribution in [0.4, 0.5) is 5.69 Å². The number of hydrogen-bond donors (Lipinski definition) is 1. The van der Waals surface area contributed by atoms with Crippen LogP contribution in [0, 0.1) is 0 Å². The fraction of sp³-hybridized carbons (Fsp3) is 0.429. The predicted octanol–water partition coefficient (Wildman–Crippen LogP) is 2.25. The molecule has 0 spiro atoms. The van der Waals surface area contributed by atoms with Crippen molar-refractivity contribution in [2.45, 2.75) is 32.0 Å². The SMILES string of the molecule is CC1CCC(CNc2ccccc2-n2ccnn2)O1. The fourth-order valence-corrected chi connectivity index (χ4v) is 2.42. The maximum Gasteiger partial charge on any atom is 0.0894 e. The summed E-state index contributed by atoms with van der Waals surface area (Å²) in [5, 5.41) is 11.3. The molecule has 2 aromatic rings. The normalized spacial score (nSPS) is 22.6. The Morgan fingerprint density at radius 2 is 2.26 bits per heavy atom. The molecule has 5 nitrogen and oxygen atoms in total. The minimum absolute atomic E-state index is 0.304. The predicted molar refractivity (Wildman–Crippen MR) is 73.4 cm³/mol. The third-order valence-corrected chi connectivity index (χ3v) is 3.41. The zero-order valence-corrected chi connectivity index (χ0v) is 11.0. The Balaban J connectivity index is 1.71. The Morgan fingerprint density at radius 1 is 1.37 bits per heavy atom. The molecule has 0 radical (unpaired) electrons. The lowest BCUT2D eigenvalue weighted by molar-refractivity contribution is 0.0637. The van der Waals surface area contributed by atoms with Crippen LogP contribution < -0.4 is 5.32 Å². The average Bonchev–Trinajstić information content (AvgIpc) is 3.08. The van der Waals surface area contributed by atoms with Gasteiger partial charge in [-0.3, -0.25) is 0 Å². The van der Waals surface area contributed by atoms with Gasteiger partial charge in [0.25, 0.3) is 0 Å². The van der Waals surface area contributed by atoms with Gasteiger partial charge in [0.05, 0.1) is 36.0 Å². The van der Waals surface area contributed by atoms with E-state index in [1.807, 2.05) is 24.4 Å². The van der Waals surface area contributed by atoms with Gasteiger partial charge < -0.3 is 10.1 Å². The highest BCUT2D eigenvalue weighted by Crippen LogP contribution is 2.22. The molecule has 0 saturated carbocycles. The van der Waals surface area contributed by atoms with E-state index in [0.717, 1.165) is 30.8 Å². The summed E-state index contributed by atoms with van der Waals surface area (Å²) in [4.78, 5) is 0. The molecule has 1 aliphatic rings. The third-order valence-electron chi connectivity index (χ3n) is 3.41. The van der Waals surface area contributed by atoms with E-state index < -0.39 is 0 Å². The highest BCUT2D eigenvalue weighted by molar-refractivity contribution is 5.60. The minimum atomic E-state index is 0.304. The number of rotatable bonds is 4. The Bertz CT molecular complexity index is 526. The van der Waals surface area contributed by atoms with Crippen molar-refractivity contribution in [2.75, 3.05) is 11.9 Å². The van der Waals surface area contributed by atoms with Crippen molar-refractivity contribution >= 4 is 5.69 Å². The molecule has 1 fully saturated rings. The Labute approximate surface area is 112 Å². The molecule has 0 bridgehead atoms. The summed E-state index contributed by atoms with van der Waals surface area (Å²) in [6.07, 6.45) is 6.49. The number of para-hydroxylation sites is 2. The van der Waals surface area contributed by atoms with Crippen molar-refractivity contribution in [3.63, 3.8) is 0 Å². The topological polar surface area (TPSA) is 52.0 Å². The van der Waals surface area contributed by atoms with Crippen LogP contribution in [-0.4, -0.2) is 33.7 Å². The van der Waals surface area contributed by atoms with E-state index in [0.29, 0.717) is 12.2 Å². The van der Waals surface area contributed by atoms with Crippen molar-refractivity contribution < 1.29 is 4.74 Å². The number of nitrogens with one attached hydrogen (secondary N) is 1. The van der Waals surface area contributed by atoms with Crippen LogP contribution in [0.2, 0.25) is 0 Å². The van der Waals surface area contributed by atoms with Crippen LogP contribution in [0.25, 0.3) is 5.69 Å². The molecule has 1 aliphatic heterocycles. The van der Waals surface area contributed by atoms with Crippen LogP contribution in [0.15, 0.2) is 36.7 Å². The molecular weight excluding hydrogens is 240 g/mol. The smallest absolute Gasteiger partial charge is 0.0894 e. The number of anilines is 1. The van der Waals surface area contributed by atoms with Crippen molar-refractivity contribution in [2.24, 2.45) is 0 Å². The molecule has 1 saturated heterocycles. The first-order valence-corrected chi connectivity index (χ1v) is 6.68. The number of hydrogen-bond acceptors (Lipinski definition) is 4. The van der Waals surface area contributed by atoms with Gasteiger partial charge in [-0.25, -0.2) is 4.68 Å². The highest BCUT2D eigenvalue weighted by Gasteiger charge is 2.21. The van der Waals surface area contributed by atoms with E-state index in [2.05, 4.69) is 28.6 Å². The maximum atomic E-state index is 5.82. The number of benzene rings is 1. The molecule has 2 unspecified atom stereocenters. The first-order chi connectivity index (χ1) is 9.33. The van der Waals surface area contributed by atoms with E-state index in [1.165, 1.54) is 0 Å². The van der Waals surface area contributed by atoms with E-state index in [9.17, 15) is 0 Å². The second kappa shape index (κ2) is 5.40. The van der Waals surface area contributed by atoms with Crippen molar-refractivity contribution in [3.05, 3.63) is 36.7 Å². The Hall–Kier alpha value is -1.88. The van der Waals surface area contributed by atoms with Crippen molar-refractivity contribution in [1.29, 1.82) is 0 Å². The molecular formula is C14H18N4O. The van der Waals surface area contributed by atoms with Crippen molar-refractivity contribution in [1.82, 2.24) is 15.0 Å². The van der Waals surface area contributed by atoms with Gasteiger partial charge >= 0.3 is 0 Å². The van der Waals surface area contributed by atoms with E-state index in [-0.39, 0.29) is 0 Å². The van der Waals surface area contributed by atoms with Gasteiger partial charge in [-0.05, 0) is 31.9 Å². The number of ether oxygens (including phenoxy) is 1. The summed E-state index contributed by atoms with van der Waals surface area (Å²) in [6, 6.07) is 8.09. The lowest BCUT2D eigenvalue weighted by Crippen LogP contribution is -2.20. The first kappa shape index (κ1) is 12.2. The fourth-order valence-electron chi connectivity index (χ4n) is 2.42.